The average Bonchev–Trinajstić information content (AvgIpc) is 3.90. The first kappa shape index (κ1) is 40.1. The third-order valence-corrected chi connectivity index (χ3v) is 11.9. The van der Waals surface area contributed by atoms with Crippen LogP contribution in [0.4, 0.5) is 0 Å². The van der Waals surface area contributed by atoms with Crippen LogP contribution in [0.1, 0.15) is 76.1 Å². The molecule has 6 aliphatic rings. The van der Waals surface area contributed by atoms with Gasteiger partial charge in [-0.2, -0.15) is 5.06 Å². The van der Waals surface area contributed by atoms with E-state index in [2.05, 4.69) is 5.32 Å². The van der Waals surface area contributed by atoms with Gasteiger partial charge in [-0.05, 0) is 55.5 Å². The third-order valence-electron chi connectivity index (χ3n) is 11.9. The van der Waals surface area contributed by atoms with Gasteiger partial charge in [-0.15, -0.1) is 0 Å². The van der Waals surface area contributed by atoms with Gasteiger partial charge in [0.1, 0.15) is 42.0 Å². The smallest absolute Gasteiger partial charge is 0.348 e. The number of cyclic esters (lactones) is 1. The molecule has 2 bridgehead atoms. The number of nitrogens with zero attached hydrogens (tertiary/aromatic N) is 1. The summed E-state index contributed by atoms with van der Waals surface area (Å²) in [5.74, 6) is -4.08. The van der Waals surface area contributed by atoms with Crippen molar-refractivity contribution in [2.75, 3.05) is 13.2 Å². The molecule has 2 aromatic rings. The van der Waals surface area contributed by atoms with Crippen LogP contribution in [0.3, 0.4) is 0 Å². The van der Waals surface area contributed by atoms with Gasteiger partial charge in [-0.25, -0.2) is 9.59 Å². The van der Waals surface area contributed by atoms with Crippen molar-refractivity contribution in [2.45, 2.75) is 127 Å². The molecule has 1 saturated carbocycles. The molecule has 58 heavy (non-hydrogen) atoms. The molecule has 8 unspecified atom stereocenters. The van der Waals surface area contributed by atoms with Gasteiger partial charge in [-0.1, -0.05) is 62.4 Å². The molecule has 4 aliphatic heterocycles. The Morgan fingerprint density at radius 1 is 1.00 bits per heavy atom. The summed E-state index contributed by atoms with van der Waals surface area (Å²) in [7, 11) is 0. The minimum absolute atomic E-state index is 0.00952. The fourth-order valence-electron chi connectivity index (χ4n) is 9.23. The van der Waals surface area contributed by atoms with Crippen LogP contribution in [0.5, 0.6) is 0 Å². The predicted molar refractivity (Wildman–Crippen MR) is 202 cm³/mol. The number of ether oxygens (including phenoxy) is 6. The Morgan fingerprint density at radius 2 is 1.69 bits per heavy atom. The summed E-state index contributed by atoms with van der Waals surface area (Å²) in [5.41, 5.74) is 0.472. The maximum Gasteiger partial charge on any atom is 0.348 e. The van der Waals surface area contributed by atoms with Crippen molar-refractivity contribution in [3.63, 3.8) is 0 Å². The first-order chi connectivity index (χ1) is 27.5. The molecular formula is C43H50N2O13. The van der Waals surface area contributed by atoms with Gasteiger partial charge in [0.15, 0.2) is 11.8 Å². The molecule has 8 atom stereocenters. The lowest BCUT2D eigenvalue weighted by atomic mass is 9.62. The van der Waals surface area contributed by atoms with Crippen molar-refractivity contribution >= 4 is 35.9 Å². The number of rotatable bonds is 11. The number of aliphatic hydroxyl groups is 1. The van der Waals surface area contributed by atoms with Crippen molar-refractivity contribution in [1.29, 1.82) is 0 Å². The van der Waals surface area contributed by atoms with Crippen LogP contribution in [-0.4, -0.2) is 107 Å². The number of nitrogens with one attached hydrogen (secondary N) is 1. The zero-order chi connectivity index (χ0) is 41.2. The van der Waals surface area contributed by atoms with E-state index in [1.165, 1.54) is 11.1 Å². The lowest BCUT2D eigenvalue weighted by molar-refractivity contribution is -0.217. The molecule has 310 valence electrons. The molecule has 2 N–H and O–H groups in total. The number of esters is 4. The van der Waals surface area contributed by atoms with E-state index in [4.69, 9.17) is 33.3 Å². The lowest BCUT2D eigenvalue weighted by Gasteiger charge is -2.49. The Morgan fingerprint density at radius 3 is 2.36 bits per heavy atom. The minimum atomic E-state index is -1.54. The van der Waals surface area contributed by atoms with Gasteiger partial charge < -0.3 is 38.8 Å². The summed E-state index contributed by atoms with van der Waals surface area (Å²) in [5, 5.41) is 14.8. The zero-order valence-corrected chi connectivity index (χ0v) is 33.3. The molecule has 4 heterocycles. The Kier molecular flexibility index (Phi) is 10.3. The summed E-state index contributed by atoms with van der Waals surface area (Å²) in [6, 6.07) is 13.0. The number of aliphatic hydroxyl groups excluding tert-OH is 1. The van der Waals surface area contributed by atoms with Crippen LogP contribution in [0.15, 0.2) is 54.6 Å². The highest BCUT2D eigenvalue weighted by Crippen LogP contribution is 2.58. The van der Waals surface area contributed by atoms with E-state index < -0.39 is 101 Å². The summed E-state index contributed by atoms with van der Waals surface area (Å²) in [6.45, 7) is 8.49. The highest BCUT2D eigenvalue weighted by atomic mass is 16.8. The maximum absolute atomic E-state index is 14.9. The van der Waals surface area contributed by atoms with Gasteiger partial charge in [0.05, 0.1) is 19.2 Å². The summed E-state index contributed by atoms with van der Waals surface area (Å²) >= 11 is 0. The summed E-state index contributed by atoms with van der Waals surface area (Å²) in [4.78, 5) is 73.6. The first-order valence-electron chi connectivity index (χ1n) is 19.8. The zero-order valence-electron chi connectivity index (χ0n) is 33.3. The van der Waals surface area contributed by atoms with E-state index in [-0.39, 0.29) is 32.4 Å². The second-order valence-electron chi connectivity index (χ2n) is 17.8. The molecule has 15 heteroatoms. The molecule has 4 saturated heterocycles. The molecular weight excluding hydrogens is 752 g/mol. The molecule has 5 fully saturated rings. The van der Waals surface area contributed by atoms with Crippen LogP contribution in [0, 0.1) is 10.8 Å². The third kappa shape index (κ3) is 7.31. The molecule has 15 nitrogen and oxygen atoms in total. The van der Waals surface area contributed by atoms with Crippen molar-refractivity contribution in [3.8, 4) is 0 Å². The highest BCUT2D eigenvalue weighted by molar-refractivity contribution is 5.94. The Hall–Kier alpha value is -4.67. The van der Waals surface area contributed by atoms with E-state index in [9.17, 15) is 29.1 Å². The van der Waals surface area contributed by atoms with Gasteiger partial charge in [-0.3, -0.25) is 19.2 Å². The van der Waals surface area contributed by atoms with E-state index in [1.807, 2.05) is 24.3 Å². The summed E-state index contributed by atoms with van der Waals surface area (Å²) in [6.07, 6.45) is -0.628. The number of fused-ring (bicyclic) bond motifs is 5. The molecule has 0 radical (unpaired) electrons. The van der Waals surface area contributed by atoms with Gasteiger partial charge in [0.25, 0.3) is 0 Å². The van der Waals surface area contributed by atoms with Gasteiger partial charge in [0, 0.05) is 37.2 Å². The molecule has 1 spiro atoms. The van der Waals surface area contributed by atoms with E-state index >= 15 is 0 Å². The van der Waals surface area contributed by atoms with Crippen LogP contribution in [0.25, 0.3) is 6.08 Å². The molecule has 2 aliphatic carbocycles. The van der Waals surface area contributed by atoms with E-state index in [0.717, 1.165) is 11.1 Å². The van der Waals surface area contributed by atoms with Crippen LogP contribution in [0.2, 0.25) is 0 Å². The van der Waals surface area contributed by atoms with Crippen LogP contribution in [-0.2, 0) is 76.6 Å². The maximum atomic E-state index is 14.9. The quantitative estimate of drug-likeness (QED) is 0.192. The number of amides is 1. The fraction of sp³-hybridized carbons (Fsp3) is 0.558. The monoisotopic (exact) mass is 802 g/mol. The lowest BCUT2D eigenvalue weighted by Crippen LogP contribution is -2.70. The van der Waals surface area contributed by atoms with Gasteiger partial charge >= 0.3 is 23.9 Å². The van der Waals surface area contributed by atoms with Crippen molar-refractivity contribution in [2.24, 2.45) is 10.8 Å². The standard InChI is InChI=1S/C43H50N2O13/c1-40(2,3)55-31(48)17-15-28(22-46)44-39(51)43-20-29-32-33(57-42(56-32)18-25-11-7-8-12-26(25)19-42)35(43)58-45(34(43)37(49)53-29)21-27-13-9-6-10-24(27)14-16-30(47)54-36-38(50)52-23-41(36,4)5/h6-14,16,28-29,32-36,46H,15,17-23H2,1-5H3,(H,44,51). The highest BCUT2D eigenvalue weighted by Gasteiger charge is 2.76. The van der Waals surface area contributed by atoms with Gasteiger partial charge in [0.2, 0.25) is 12.0 Å². The first-order valence-corrected chi connectivity index (χ1v) is 19.8. The number of hydrogen-bond acceptors (Lipinski definition) is 14. The van der Waals surface area contributed by atoms with E-state index in [0.29, 0.717) is 24.0 Å². The predicted octanol–water partition coefficient (Wildman–Crippen LogP) is 2.87. The second kappa shape index (κ2) is 14.9. The number of carbonyl (C=O) groups excluding carboxylic acids is 5. The molecule has 2 aromatic carbocycles. The van der Waals surface area contributed by atoms with Crippen molar-refractivity contribution in [1.82, 2.24) is 10.4 Å². The van der Waals surface area contributed by atoms with Crippen LogP contribution >= 0.6 is 0 Å². The Bertz CT molecular complexity index is 2000. The number of hydrogen-bond donors (Lipinski definition) is 2. The normalized spacial score (nSPS) is 30.7. The Balaban J connectivity index is 1.08. The second-order valence-corrected chi connectivity index (χ2v) is 17.8. The topological polar surface area (TPSA) is 185 Å². The largest absolute Gasteiger partial charge is 0.462 e. The molecule has 1 amide bonds. The summed E-state index contributed by atoms with van der Waals surface area (Å²) < 4.78 is 35.7. The van der Waals surface area contributed by atoms with Crippen molar-refractivity contribution in [3.05, 3.63) is 76.9 Å². The number of hydroxylamine groups is 2. The number of benzene rings is 2. The molecule has 0 aromatic heterocycles. The molecule has 8 rings (SSSR count). The fourth-order valence-corrected chi connectivity index (χ4v) is 9.23. The SMILES string of the molecule is CC(C)(C)OC(=O)CCC(CO)NC(=O)C12CC3OC(=O)C1N(Cc1ccccc1C=CC(=O)OC1C(=O)OCC1(C)C)OC2C1OC2(Cc4ccccc4C2)OC31. The van der Waals surface area contributed by atoms with Crippen molar-refractivity contribution < 1.29 is 62.3 Å². The average molecular weight is 803 g/mol. The Labute approximate surface area is 336 Å². The van der Waals surface area contributed by atoms with Crippen LogP contribution < -0.4 is 5.32 Å². The minimum Gasteiger partial charge on any atom is -0.462 e. The van der Waals surface area contributed by atoms with E-state index in [1.54, 1.807) is 65.0 Å². The number of carbonyl (C=O) groups is 5.